The van der Waals surface area contributed by atoms with Gasteiger partial charge in [0.25, 0.3) is 0 Å². The van der Waals surface area contributed by atoms with Crippen molar-refractivity contribution < 1.29 is 18.9 Å². The zero-order valence-electron chi connectivity index (χ0n) is 32.1. The molecule has 2 aromatic rings. The number of aryl methyl sites for hydroxylation is 1. The number of ether oxygens (including phenoxy) is 4. The molecule has 0 aliphatic rings. The third-order valence-electron chi connectivity index (χ3n) is 8.80. The Hall–Kier alpha value is -3.90. The second-order valence-corrected chi connectivity index (χ2v) is 13.1. The van der Waals surface area contributed by atoms with Crippen molar-refractivity contribution in [2.45, 2.75) is 144 Å². The number of hydrogen-bond acceptors (Lipinski definition) is 5. The zero-order valence-corrected chi connectivity index (χ0v) is 32.1. The van der Waals surface area contributed by atoms with Crippen LogP contribution in [0.1, 0.15) is 160 Å². The summed E-state index contributed by atoms with van der Waals surface area (Å²) in [4.78, 5) is 4.06. The standard InChI is InChI=1S/C44H64N2O4/c1-8-13-17-21-25-47-41-31-37(42(29-35(41)6)48-26-22-18-14-9-2)30-40(46-7)39-33-43(49-27-23-19-15-10-3)38(36(12-5)34-45)32-44(39)50-28-24-20-16-11-4/h12,29-33H,8-11,13-28H2,1-6H3/b36-12+,40-30-. The highest BCUT2D eigenvalue weighted by Gasteiger charge is 2.20. The average molecular weight is 685 g/mol. The number of rotatable bonds is 27. The van der Waals surface area contributed by atoms with E-state index in [1.807, 2.05) is 37.3 Å². The second kappa shape index (κ2) is 26.0. The van der Waals surface area contributed by atoms with Crippen LogP contribution in [0.4, 0.5) is 0 Å². The van der Waals surface area contributed by atoms with Gasteiger partial charge in [-0.2, -0.15) is 5.26 Å². The van der Waals surface area contributed by atoms with Crippen LogP contribution in [-0.4, -0.2) is 26.4 Å². The molecule has 0 spiro atoms. The molecule has 0 heterocycles. The normalized spacial score (nSPS) is 11.6. The average Bonchev–Trinajstić information content (AvgIpc) is 3.12. The van der Waals surface area contributed by atoms with Crippen LogP contribution >= 0.6 is 0 Å². The highest BCUT2D eigenvalue weighted by molar-refractivity contribution is 5.91. The predicted octanol–water partition coefficient (Wildman–Crippen LogP) is 13.2. The molecule has 0 fully saturated rings. The van der Waals surface area contributed by atoms with Gasteiger partial charge >= 0.3 is 0 Å². The monoisotopic (exact) mass is 684 g/mol. The van der Waals surface area contributed by atoms with E-state index in [-0.39, 0.29) is 0 Å². The Morgan fingerprint density at radius 2 is 1.06 bits per heavy atom. The molecule has 6 nitrogen and oxygen atoms in total. The molecule has 2 rings (SSSR count). The minimum absolute atomic E-state index is 0.420. The first kappa shape index (κ1) is 42.3. The van der Waals surface area contributed by atoms with Gasteiger partial charge in [0.15, 0.2) is 5.70 Å². The zero-order chi connectivity index (χ0) is 36.4. The second-order valence-electron chi connectivity index (χ2n) is 13.1. The molecule has 0 radical (unpaired) electrons. The fourth-order valence-corrected chi connectivity index (χ4v) is 5.72. The van der Waals surface area contributed by atoms with Crippen molar-refractivity contribution in [3.63, 3.8) is 0 Å². The number of nitrogens with zero attached hydrogens (tertiary/aromatic N) is 2. The lowest BCUT2D eigenvalue weighted by atomic mass is 9.99. The molecule has 0 amide bonds. The van der Waals surface area contributed by atoms with Crippen LogP contribution in [0.3, 0.4) is 0 Å². The predicted molar refractivity (Wildman–Crippen MR) is 210 cm³/mol. The lowest BCUT2D eigenvalue weighted by Gasteiger charge is -2.18. The van der Waals surface area contributed by atoms with Crippen molar-refractivity contribution >= 4 is 17.3 Å². The summed E-state index contributed by atoms with van der Waals surface area (Å²) in [6.07, 6.45) is 21.2. The van der Waals surface area contributed by atoms with Gasteiger partial charge in [-0.15, -0.1) is 0 Å². The van der Waals surface area contributed by atoms with Gasteiger partial charge in [-0.1, -0.05) is 111 Å². The highest BCUT2D eigenvalue weighted by atomic mass is 16.5. The molecule has 0 N–H and O–H groups in total. The Kier molecular flexibility index (Phi) is 22.0. The maximum atomic E-state index is 10.0. The minimum Gasteiger partial charge on any atom is -0.494 e. The summed E-state index contributed by atoms with van der Waals surface area (Å²) in [7, 11) is 0. The van der Waals surface area contributed by atoms with E-state index in [0.29, 0.717) is 60.3 Å². The fourth-order valence-electron chi connectivity index (χ4n) is 5.72. The van der Waals surface area contributed by atoms with E-state index in [2.05, 4.69) is 45.5 Å². The molecule has 0 atom stereocenters. The molecule has 0 saturated carbocycles. The summed E-state index contributed by atoms with van der Waals surface area (Å²) >= 11 is 0. The summed E-state index contributed by atoms with van der Waals surface area (Å²) < 4.78 is 25.4. The third kappa shape index (κ3) is 14.9. The summed E-state index contributed by atoms with van der Waals surface area (Å²) in [5.41, 5.74) is 4.08. The number of nitriles is 1. The van der Waals surface area contributed by atoms with Crippen molar-refractivity contribution in [2.24, 2.45) is 0 Å². The van der Waals surface area contributed by atoms with Crippen LogP contribution in [0.5, 0.6) is 23.0 Å². The van der Waals surface area contributed by atoms with Gasteiger partial charge in [-0.05, 0) is 75.4 Å². The van der Waals surface area contributed by atoms with E-state index in [4.69, 9.17) is 25.5 Å². The Bertz CT molecular complexity index is 1410. The van der Waals surface area contributed by atoms with Gasteiger partial charge in [-0.25, -0.2) is 4.85 Å². The van der Waals surface area contributed by atoms with E-state index < -0.39 is 0 Å². The van der Waals surface area contributed by atoms with Gasteiger partial charge in [0.05, 0.1) is 44.6 Å². The first-order valence-electron chi connectivity index (χ1n) is 19.5. The summed E-state index contributed by atoms with van der Waals surface area (Å²) in [6.45, 7) is 23.4. The maximum Gasteiger partial charge on any atom is 0.198 e. The lowest BCUT2D eigenvalue weighted by Crippen LogP contribution is -2.05. The van der Waals surface area contributed by atoms with E-state index in [1.54, 1.807) is 6.08 Å². The molecule has 0 unspecified atom stereocenters. The van der Waals surface area contributed by atoms with Crippen molar-refractivity contribution in [1.29, 1.82) is 5.26 Å². The molecule has 6 heteroatoms. The molecule has 50 heavy (non-hydrogen) atoms. The molecule has 2 aromatic carbocycles. The molecule has 0 bridgehead atoms. The molecule has 0 saturated heterocycles. The highest BCUT2D eigenvalue weighted by Crippen LogP contribution is 2.40. The van der Waals surface area contributed by atoms with E-state index in [9.17, 15) is 5.26 Å². The first-order valence-corrected chi connectivity index (χ1v) is 19.5. The number of hydrogen-bond donors (Lipinski definition) is 0. The molecule has 0 aromatic heterocycles. The van der Waals surface area contributed by atoms with Gasteiger partial charge in [0.1, 0.15) is 23.0 Å². The molecular formula is C44H64N2O4. The molecular weight excluding hydrogens is 620 g/mol. The first-order chi connectivity index (χ1) is 24.5. The topological polar surface area (TPSA) is 65.1 Å². The summed E-state index contributed by atoms with van der Waals surface area (Å²) in [5.74, 6) is 2.71. The number of allylic oxidation sites excluding steroid dienone is 2. The van der Waals surface area contributed by atoms with Crippen LogP contribution in [-0.2, 0) is 0 Å². The van der Waals surface area contributed by atoms with Crippen LogP contribution < -0.4 is 18.9 Å². The van der Waals surface area contributed by atoms with Crippen LogP contribution in [0.15, 0.2) is 30.3 Å². The van der Waals surface area contributed by atoms with Gasteiger partial charge < -0.3 is 18.9 Å². The third-order valence-corrected chi connectivity index (χ3v) is 8.80. The Labute approximate surface area is 304 Å². The molecule has 0 aliphatic carbocycles. The van der Waals surface area contributed by atoms with E-state index >= 15 is 0 Å². The van der Waals surface area contributed by atoms with E-state index in [0.717, 1.165) is 99.7 Å². The number of benzene rings is 2. The van der Waals surface area contributed by atoms with Crippen LogP contribution in [0.2, 0.25) is 0 Å². The van der Waals surface area contributed by atoms with Crippen molar-refractivity contribution in [2.75, 3.05) is 26.4 Å². The van der Waals surface area contributed by atoms with Crippen LogP contribution in [0.25, 0.3) is 22.2 Å². The fraction of sp³-hybridized carbons (Fsp3) is 0.591. The Morgan fingerprint density at radius 1 is 0.620 bits per heavy atom. The minimum atomic E-state index is 0.420. The van der Waals surface area contributed by atoms with E-state index in [1.165, 1.54) is 25.7 Å². The summed E-state index contributed by atoms with van der Waals surface area (Å²) in [6, 6.07) is 10.2. The van der Waals surface area contributed by atoms with Gasteiger partial charge in [-0.3, -0.25) is 0 Å². The van der Waals surface area contributed by atoms with Gasteiger partial charge in [0, 0.05) is 16.7 Å². The molecule has 274 valence electrons. The van der Waals surface area contributed by atoms with Crippen molar-refractivity contribution in [3.8, 4) is 29.1 Å². The van der Waals surface area contributed by atoms with Crippen molar-refractivity contribution in [3.05, 3.63) is 64.0 Å². The van der Waals surface area contributed by atoms with Gasteiger partial charge in [0.2, 0.25) is 0 Å². The van der Waals surface area contributed by atoms with Crippen molar-refractivity contribution in [1.82, 2.24) is 0 Å². The quantitative estimate of drug-likeness (QED) is 0.0405. The molecule has 0 aliphatic heterocycles. The maximum absolute atomic E-state index is 10.0. The Balaban J connectivity index is 2.67. The smallest absolute Gasteiger partial charge is 0.198 e. The number of unbranched alkanes of at least 4 members (excludes halogenated alkanes) is 12. The summed E-state index contributed by atoms with van der Waals surface area (Å²) in [5, 5.41) is 10.0. The lowest BCUT2D eigenvalue weighted by molar-refractivity contribution is 0.295. The largest absolute Gasteiger partial charge is 0.494 e. The Morgan fingerprint density at radius 3 is 1.50 bits per heavy atom. The SMILES string of the molecule is [C-]#[N+]/C(=C\c1cc(OCCCCCC)c(C)cc1OCCCCCC)c1cc(OCCCCCC)c(/C(C#N)=C/C)cc1OCCCCCC. The van der Waals surface area contributed by atoms with Crippen LogP contribution in [0, 0.1) is 24.8 Å².